The van der Waals surface area contributed by atoms with Gasteiger partial charge in [-0.3, -0.25) is 4.79 Å². The average Bonchev–Trinajstić information content (AvgIpc) is 2.48. The molecule has 1 aromatic carbocycles. The Morgan fingerprint density at radius 1 is 1.38 bits per heavy atom. The molecule has 0 aliphatic carbocycles. The van der Waals surface area contributed by atoms with E-state index in [0.717, 1.165) is 19.6 Å². The highest BCUT2D eigenvalue weighted by molar-refractivity contribution is 5.94. The smallest absolute Gasteiger partial charge is 0.251 e. The van der Waals surface area contributed by atoms with Crippen LogP contribution in [0.2, 0.25) is 0 Å². The normalized spacial score (nSPS) is 17.4. The number of piperidine rings is 1. The zero-order chi connectivity index (χ0) is 15.2. The molecule has 2 rings (SSSR count). The molecule has 1 unspecified atom stereocenters. The second-order valence-electron chi connectivity index (χ2n) is 5.91. The van der Waals surface area contributed by atoms with Gasteiger partial charge in [0.2, 0.25) is 0 Å². The van der Waals surface area contributed by atoms with E-state index in [0.29, 0.717) is 18.0 Å². The van der Waals surface area contributed by atoms with E-state index in [9.17, 15) is 9.18 Å². The van der Waals surface area contributed by atoms with Crippen LogP contribution in [0.5, 0.6) is 0 Å². The van der Waals surface area contributed by atoms with Crippen molar-refractivity contribution in [1.29, 1.82) is 0 Å². The van der Waals surface area contributed by atoms with Crippen molar-refractivity contribution < 1.29 is 9.18 Å². The summed E-state index contributed by atoms with van der Waals surface area (Å²) >= 11 is 0. The van der Waals surface area contributed by atoms with Crippen LogP contribution in [-0.4, -0.2) is 37.0 Å². The molecule has 1 saturated heterocycles. The Kier molecular flexibility index (Phi) is 5.56. The summed E-state index contributed by atoms with van der Waals surface area (Å²) in [5.41, 5.74) is 5.78. The largest absolute Gasteiger partial charge is 0.396 e. The number of benzene rings is 1. The summed E-state index contributed by atoms with van der Waals surface area (Å²) in [5.74, 6) is -0.422. The predicted molar refractivity (Wildman–Crippen MR) is 82.6 cm³/mol. The number of amides is 1. The first kappa shape index (κ1) is 15.8. The topological polar surface area (TPSA) is 58.4 Å². The maximum Gasteiger partial charge on any atom is 0.251 e. The molecule has 3 N–H and O–H groups in total. The molecule has 0 bridgehead atoms. The highest BCUT2D eigenvalue weighted by Gasteiger charge is 2.15. The Bertz CT molecular complexity index is 486. The summed E-state index contributed by atoms with van der Waals surface area (Å²) < 4.78 is 13.3. The van der Waals surface area contributed by atoms with E-state index >= 15 is 0 Å². The summed E-state index contributed by atoms with van der Waals surface area (Å²) in [5, 5.41) is 2.86. The molecule has 1 fully saturated rings. The number of nitrogens with zero attached hydrogens (tertiary/aromatic N) is 1. The molecule has 5 heteroatoms. The van der Waals surface area contributed by atoms with Gasteiger partial charge in [-0.05, 0) is 50.0 Å². The van der Waals surface area contributed by atoms with Crippen LogP contribution in [0.25, 0.3) is 0 Å². The third-order valence-corrected chi connectivity index (χ3v) is 3.89. The molecule has 1 aliphatic rings. The average molecular weight is 293 g/mol. The van der Waals surface area contributed by atoms with Crippen molar-refractivity contribution in [2.24, 2.45) is 5.92 Å². The number of anilines is 1. The molecule has 1 aliphatic heterocycles. The van der Waals surface area contributed by atoms with Crippen LogP contribution in [0.3, 0.4) is 0 Å². The summed E-state index contributed by atoms with van der Waals surface area (Å²) in [4.78, 5) is 14.4. The van der Waals surface area contributed by atoms with Crippen LogP contribution in [0.15, 0.2) is 18.2 Å². The Morgan fingerprint density at radius 2 is 2.10 bits per heavy atom. The molecule has 116 valence electrons. The van der Waals surface area contributed by atoms with Crippen molar-refractivity contribution >= 4 is 11.6 Å². The lowest BCUT2D eigenvalue weighted by atomic mass is 10.1. The lowest BCUT2D eigenvalue weighted by molar-refractivity contribution is 0.0942. The first-order valence-corrected chi connectivity index (χ1v) is 7.62. The first-order chi connectivity index (χ1) is 10.1. The van der Waals surface area contributed by atoms with E-state index < -0.39 is 5.82 Å². The van der Waals surface area contributed by atoms with E-state index in [4.69, 9.17) is 5.73 Å². The van der Waals surface area contributed by atoms with E-state index in [1.165, 1.54) is 31.4 Å². The van der Waals surface area contributed by atoms with Gasteiger partial charge in [0.1, 0.15) is 5.82 Å². The zero-order valence-electron chi connectivity index (χ0n) is 12.6. The second-order valence-corrected chi connectivity index (χ2v) is 5.91. The van der Waals surface area contributed by atoms with Crippen LogP contribution in [0.4, 0.5) is 10.1 Å². The number of halogens is 1. The van der Waals surface area contributed by atoms with Gasteiger partial charge in [-0.2, -0.15) is 0 Å². The quantitative estimate of drug-likeness (QED) is 0.819. The Hall–Kier alpha value is -1.62. The highest BCUT2D eigenvalue weighted by Crippen LogP contribution is 2.13. The number of carbonyl (C=O) groups is 1. The Morgan fingerprint density at radius 3 is 2.76 bits per heavy atom. The van der Waals surface area contributed by atoms with Gasteiger partial charge >= 0.3 is 0 Å². The molecule has 0 saturated carbocycles. The monoisotopic (exact) mass is 293 g/mol. The fraction of sp³-hybridized carbons (Fsp3) is 0.562. The molecule has 4 nitrogen and oxygen atoms in total. The third kappa shape index (κ3) is 4.70. The second kappa shape index (κ2) is 7.41. The number of rotatable bonds is 5. The maximum atomic E-state index is 13.3. The number of nitrogens with one attached hydrogen (secondary N) is 1. The van der Waals surface area contributed by atoms with Crippen LogP contribution >= 0.6 is 0 Å². The minimum absolute atomic E-state index is 0.0602. The minimum atomic E-state index is -0.552. The van der Waals surface area contributed by atoms with Crippen molar-refractivity contribution in [3.63, 3.8) is 0 Å². The lowest BCUT2D eigenvalue weighted by Gasteiger charge is -2.29. The van der Waals surface area contributed by atoms with Gasteiger partial charge < -0.3 is 16.0 Å². The molecule has 0 spiro atoms. The zero-order valence-corrected chi connectivity index (χ0v) is 12.6. The molecule has 0 radical (unpaired) electrons. The predicted octanol–water partition coefficient (Wildman–Crippen LogP) is 2.26. The maximum absolute atomic E-state index is 13.3. The van der Waals surface area contributed by atoms with Crippen molar-refractivity contribution in [1.82, 2.24) is 10.2 Å². The molecule has 1 amide bonds. The molecule has 1 heterocycles. The Balaban J connectivity index is 1.78. The van der Waals surface area contributed by atoms with E-state index in [1.807, 2.05) is 0 Å². The molecule has 1 aromatic rings. The van der Waals surface area contributed by atoms with Crippen LogP contribution in [0, 0.1) is 11.7 Å². The van der Waals surface area contributed by atoms with Crippen LogP contribution in [0.1, 0.15) is 36.5 Å². The fourth-order valence-electron chi connectivity index (χ4n) is 2.68. The van der Waals surface area contributed by atoms with Crippen molar-refractivity contribution in [3.05, 3.63) is 29.6 Å². The molecule has 21 heavy (non-hydrogen) atoms. The van der Waals surface area contributed by atoms with Crippen molar-refractivity contribution in [2.75, 3.05) is 31.9 Å². The third-order valence-electron chi connectivity index (χ3n) is 3.89. The van der Waals surface area contributed by atoms with Crippen molar-refractivity contribution in [3.8, 4) is 0 Å². The van der Waals surface area contributed by atoms with E-state index in [-0.39, 0.29) is 11.6 Å². The van der Waals surface area contributed by atoms with Crippen LogP contribution < -0.4 is 11.1 Å². The molecule has 0 aromatic heterocycles. The van der Waals surface area contributed by atoms with E-state index in [2.05, 4.69) is 17.1 Å². The van der Waals surface area contributed by atoms with Gasteiger partial charge in [0.05, 0.1) is 5.69 Å². The number of hydrogen-bond donors (Lipinski definition) is 2. The molecular weight excluding hydrogens is 269 g/mol. The van der Waals surface area contributed by atoms with Gasteiger partial charge in [-0.15, -0.1) is 0 Å². The number of likely N-dealkylation sites (tertiary alicyclic amines) is 1. The molecule has 1 atom stereocenters. The first-order valence-electron chi connectivity index (χ1n) is 7.62. The minimum Gasteiger partial charge on any atom is -0.396 e. The summed E-state index contributed by atoms with van der Waals surface area (Å²) in [6.45, 7) is 6.03. The van der Waals surface area contributed by atoms with Gasteiger partial charge in [0, 0.05) is 18.7 Å². The standard InChI is InChI=1S/C16H24FN3O/c1-12(11-20-7-3-2-4-8-20)10-19-16(21)13-5-6-15(18)14(17)9-13/h5-6,9,12H,2-4,7-8,10-11,18H2,1H3,(H,19,21). The van der Waals surface area contributed by atoms with Crippen molar-refractivity contribution in [2.45, 2.75) is 26.2 Å². The number of nitrogens with two attached hydrogens (primary N) is 1. The van der Waals surface area contributed by atoms with Crippen LogP contribution in [-0.2, 0) is 0 Å². The van der Waals surface area contributed by atoms with Gasteiger partial charge in [0.25, 0.3) is 5.91 Å². The summed E-state index contributed by atoms with van der Waals surface area (Å²) in [6, 6.07) is 4.14. The number of hydrogen-bond acceptors (Lipinski definition) is 3. The van der Waals surface area contributed by atoms with Gasteiger partial charge in [-0.1, -0.05) is 13.3 Å². The summed E-state index contributed by atoms with van der Waals surface area (Å²) in [6.07, 6.45) is 3.86. The highest BCUT2D eigenvalue weighted by atomic mass is 19.1. The molecular formula is C16H24FN3O. The lowest BCUT2D eigenvalue weighted by Crippen LogP contribution is -2.38. The summed E-state index contributed by atoms with van der Waals surface area (Å²) in [7, 11) is 0. The fourth-order valence-corrected chi connectivity index (χ4v) is 2.68. The Labute approximate surface area is 125 Å². The van der Waals surface area contributed by atoms with Gasteiger partial charge in [0.15, 0.2) is 0 Å². The number of carbonyl (C=O) groups excluding carboxylic acids is 1. The number of nitrogen functional groups attached to an aromatic ring is 1. The van der Waals surface area contributed by atoms with Gasteiger partial charge in [-0.25, -0.2) is 4.39 Å². The SMILES string of the molecule is CC(CNC(=O)c1ccc(N)c(F)c1)CN1CCCCC1. The van der Waals surface area contributed by atoms with E-state index in [1.54, 1.807) is 6.07 Å².